The Morgan fingerprint density at radius 2 is 1.69 bits per heavy atom. The van der Waals surface area contributed by atoms with Gasteiger partial charge in [0.15, 0.2) is 0 Å². The summed E-state index contributed by atoms with van der Waals surface area (Å²) in [6.45, 7) is 6.32. The summed E-state index contributed by atoms with van der Waals surface area (Å²) in [4.78, 5) is 0. The molecule has 5 nitrogen and oxygen atoms in total. The van der Waals surface area contributed by atoms with E-state index in [2.05, 4.69) is 13.2 Å². The van der Waals surface area contributed by atoms with Crippen LogP contribution in [0, 0.1) is 0 Å². The van der Waals surface area contributed by atoms with Crippen LogP contribution in [-0.4, -0.2) is 32.9 Å². The first-order valence-electron chi connectivity index (χ1n) is 3.12. The molecule has 0 saturated carbocycles. The van der Waals surface area contributed by atoms with Gasteiger partial charge in [-0.1, -0.05) is 12.2 Å². The monoisotopic (exact) mass is 228 g/mol. The fourth-order valence-electron chi connectivity index (χ4n) is 0.254. The Morgan fingerprint density at radius 1 is 1.23 bits per heavy atom. The molecule has 0 aromatic rings. The highest BCUT2D eigenvalue weighted by molar-refractivity contribution is 7.85. The Labute approximate surface area is 79.5 Å². The highest BCUT2D eigenvalue weighted by Crippen LogP contribution is 1.78. The van der Waals surface area contributed by atoms with Crippen LogP contribution in [0.15, 0.2) is 25.3 Å². The van der Waals surface area contributed by atoms with Gasteiger partial charge >= 0.3 is 0 Å². The fraction of sp³-hybridized carbons (Fsp3) is 0.333. The molecule has 0 aromatic heterocycles. The third-order valence-electron chi connectivity index (χ3n) is 0.607. The molecule has 0 aromatic carbocycles. The maximum absolute atomic E-state index is 9.72. The van der Waals surface area contributed by atoms with E-state index in [4.69, 9.17) is 4.55 Å². The molecule has 0 aliphatic heterocycles. The third-order valence-corrected chi connectivity index (χ3v) is 1.82. The molecule has 0 fully saturated rings. The van der Waals surface area contributed by atoms with Crippen molar-refractivity contribution in [2.45, 2.75) is 0 Å². The van der Waals surface area contributed by atoms with Crippen molar-refractivity contribution in [3.63, 3.8) is 0 Å². The molecule has 0 spiro atoms. The molecular weight excluding hydrogens is 216 g/mol. The van der Waals surface area contributed by atoms with Crippen molar-refractivity contribution in [3.8, 4) is 0 Å². The summed E-state index contributed by atoms with van der Waals surface area (Å²) in [6, 6.07) is 0. The molecule has 13 heavy (non-hydrogen) atoms. The predicted octanol–water partition coefficient (Wildman–Crippen LogP) is -0.156. The van der Waals surface area contributed by atoms with Gasteiger partial charge in [0, 0.05) is 0 Å². The minimum absolute atomic E-state index is 0.0926. The molecule has 0 rings (SSSR count). The highest BCUT2D eigenvalue weighted by atomic mass is 32.2. The maximum Gasteiger partial charge on any atom is 0.268 e. The van der Waals surface area contributed by atoms with Gasteiger partial charge in [-0.05, 0) is 0 Å². The maximum atomic E-state index is 9.72. The molecule has 0 aliphatic rings. The Bertz CT molecular complexity index is 304. The Morgan fingerprint density at radius 3 is 1.69 bits per heavy atom. The van der Waals surface area contributed by atoms with E-state index < -0.39 is 20.8 Å². The summed E-state index contributed by atoms with van der Waals surface area (Å²) in [5.41, 5.74) is 0. The SMILES string of the molecule is C=CCS(=O)(=O)O.C=CC[SH](=O)=O. The second-order valence-electron chi connectivity index (χ2n) is 1.84. The van der Waals surface area contributed by atoms with Crippen LogP contribution in [0.25, 0.3) is 0 Å². The average Bonchev–Trinajstić information content (AvgIpc) is 1.84. The van der Waals surface area contributed by atoms with Gasteiger partial charge in [0.05, 0.1) is 11.5 Å². The molecule has 7 heteroatoms. The molecule has 0 heterocycles. The topological polar surface area (TPSA) is 88.5 Å². The first kappa shape index (κ1) is 14.8. The van der Waals surface area contributed by atoms with Crippen molar-refractivity contribution in [2.75, 3.05) is 11.5 Å². The second kappa shape index (κ2) is 7.96. The first-order valence-corrected chi connectivity index (χ1v) is 6.09. The molecular formula is C6H12O5S2. The van der Waals surface area contributed by atoms with Crippen molar-refractivity contribution in [1.29, 1.82) is 0 Å². The molecule has 0 bridgehead atoms. The van der Waals surface area contributed by atoms with E-state index >= 15 is 0 Å². The van der Waals surface area contributed by atoms with Crippen LogP contribution in [0.2, 0.25) is 0 Å². The summed E-state index contributed by atoms with van der Waals surface area (Å²) in [7, 11) is -6.01. The van der Waals surface area contributed by atoms with E-state index in [-0.39, 0.29) is 11.5 Å². The number of hydrogen-bond acceptors (Lipinski definition) is 4. The lowest BCUT2D eigenvalue weighted by atomic mass is 10.8. The van der Waals surface area contributed by atoms with E-state index in [0.717, 1.165) is 6.08 Å². The molecule has 0 radical (unpaired) electrons. The van der Waals surface area contributed by atoms with Crippen molar-refractivity contribution in [3.05, 3.63) is 25.3 Å². The van der Waals surface area contributed by atoms with Gasteiger partial charge in [0.2, 0.25) is 0 Å². The van der Waals surface area contributed by atoms with Crippen molar-refractivity contribution in [2.24, 2.45) is 0 Å². The summed E-state index contributed by atoms with van der Waals surface area (Å²) < 4.78 is 46.5. The smallest absolute Gasteiger partial charge is 0.268 e. The molecule has 0 atom stereocenters. The van der Waals surface area contributed by atoms with Crippen LogP contribution in [0.3, 0.4) is 0 Å². The van der Waals surface area contributed by atoms with Gasteiger partial charge in [0.25, 0.3) is 10.1 Å². The van der Waals surface area contributed by atoms with Crippen molar-refractivity contribution < 1.29 is 21.4 Å². The van der Waals surface area contributed by atoms with E-state index in [0.29, 0.717) is 0 Å². The van der Waals surface area contributed by atoms with Gasteiger partial charge < -0.3 is 0 Å². The van der Waals surface area contributed by atoms with Crippen molar-refractivity contribution in [1.82, 2.24) is 0 Å². The summed E-state index contributed by atoms with van der Waals surface area (Å²) in [6.07, 6.45) is 2.47. The Hall–Kier alpha value is -0.660. The zero-order chi connectivity index (χ0) is 10.9. The normalized spacial score (nSPS) is 10.0. The molecule has 0 unspecified atom stereocenters. The van der Waals surface area contributed by atoms with Crippen molar-refractivity contribution >= 4 is 20.8 Å². The standard InChI is InChI=1S/C3H6O3S.C3H6O2S/c1-2-3-7(4,5)6;1-2-3-6(4)5/h2H,1,3H2,(H,4,5,6);2,6H,1,3H2. The van der Waals surface area contributed by atoms with Gasteiger partial charge in [-0.3, -0.25) is 4.55 Å². The van der Waals surface area contributed by atoms with Crippen LogP contribution in [0.4, 0.5) is 0 Å². The quantitative estimate of drug-likeness (QED) is 0.396. The minimum Gasteiger partial charge on any atom is -0.285 e. The largest absolute Gasteiger partial charge is 0.285 e. The Kier molecular flexibility index (Phi) is 9.09. The van der Waals surface area contributed by atoms with E-state index in [1.54, 1.807) is 0 Å². The van der Waals surface area contributed by atoms with E-state index in [9.17, 15) is 16.8 Å². The van der Waals surface area contributed by atoms with E-state index in [1.807, 2.05) is 0 Å². The highest BCUT2D eigenvalue weighted by Gasteiger charge is 1.95. The lowest BCUT2D eigenvalue weighted by Gasteiger charge is -1.82. The van der Waals surface area contributed by atoms with Crippen LogP contribution >= 0.6 is 0 Å². The lowest BCUT2D eigenvalue weighted by molar-refractivity contribution is 0.487. The molecule has 0 aliphatic carbocycles. The summed E-state index contributed by atoms with van der Waals surface area (Å²) in [5, 5.41) is 0. The van der Waals surface area contributed by atoms with Gasteiger partial charge in [-0.25, -0.2) is 8.42 Å². The number of hydrogen-bond donors (Lipinski definition) is 2. The van der Waals surface area contributed by atoms with Gasteiger partial charge in [0.1, 0.15) is 10.7 Å². The lowest BCUT2D eigenvalue weighted by Crippen LogP contribution is -1.99. The molecule has 0 amide bonds. The molecule has 78 valence electrons. The zero-order valence-electron chi connectivity index (χ0n) is 6.92. The fourth-order valence-corrected chi connectivity index (χ4v) is 0.763. The summed E-state index contributed by atoms with van der Waals surface area (Å²) in [5.74, 6) is -0.275. The zero-order valence-corrected chi connectivity index (χ0v) is 8.63. The molecule has 1 N–H and O–H groups in total. The van der Waals surface area contributed by atoms with Gasteiger partial charge in [-0.2, -0.15) is 8.42 Å². The summed E-state index contributed by atoms with van der Waals surface area (Å²) >= 11 is 0. The Balaban J connectivity index is 0. The minimum atomic E-state index is -3.79. The number of thiol groups is 1. The van der Waals surface area contributed by atoms with Crippen LogP contribution < -0.4 is 0 Å². The van der Waals surface area contributed by atoms with Crippen LogP contribution in [0.5, 0.6) is 0 Å². The van der Waals surface area contributed by atoms with Crippen LogP contribution in [0.1, 0.15) is 0 Å². The average molecular weight is 228 g/mol. The first-order chi connectivity index (χ1) is 5.83. The van der Waals surface area contributed by atoms with E-state index in [1.165, 1.54) is 6.08 Å². The second-order valence-corrected chi connectivity index (χ2v) is 4.37. The van der Waals surface area contributed by atoms with Crippen LogP contribution in [-0.2, 0) is 20.8 Å². The predicted molar refractivity (Wildman–Crippen MR) is 52.0 cm³/mol. The van der Waals surface area contributed by atoms with Gasteiger partial charge in [-0.15, -0.1) is 13.2 Å². The molecule has 0 saturated heterocycles. The third kappa shape index (κ3) is 24.6. The number of rotatable bonds is 4.